The molecule has 2 heteroatoms. The van der Waals surface area contributed by atoms with E-state index < -0.39 is 11.6 Å². The number of likely N-dealkylation sites (N-methyl/N-ethyl adjacent to an activating group) is 1. The van der Waals surface area contributed by atoms with E-state index in [4.69, 9.17) is 0 Å². The smallest absolute Gasteiger partial charge is 0.0768 e. The lowest BCUT2D eigenvalue weighted by Gasteiger charge is -2.39. The minimum atomic E-state index is -0.504. The molecular formula is C24H27NO. The van der Waals surface area contributed by atoms with Gasteiger partial charge in [-0.2, -0.15) is 0 Å². The van der Waals surface area contributed by atoms with Gasteiger partial charge >= 0.3 is 0 Å². The van der Waals surface area contributed by atoms with Crippen molar-refractivity contribution in [3.05, 3.63) is 108 Å². The fourth-order valence-electron chi connectivity index (χ4n) is 3.59. The molecule has 0 amide bonds. The van der Waals surface area contributed by atoms with E-state index in [9.17, 15) is 5.11 Å². The van der Waals surface area contributed by atoms with E-state index in [1.54, 1.807) is 0 Å². The van der Waals surface area contributed by atoms with Crippen molar-refractivity contribution >= 4 is 0 Å². The predicted octanol–water partition coefficient (Wildman–Crippen LogP) is 4.03. The fourth-order valence-corrected chi connectivity index (χ4v) is 3.59. The highest BCUT2D eigenvalue weighted by molar-refractivity contribution is 5.25. The minimum Gasteiger partial charge on any atom is -0.391 e. The molecular weight excluding hydrogens is 318 g/mol. The summed E-state index contributed by atoms with van der Waals surface area (Å²) in [5, 5.41) is 14.8. The average Bonchev–Trinajstić information content (AvgIpc) is 2.70. The Kier molecular flexibility index (Phi) is 6.21. The maximum atomic E-state index is 11.3. The van der Waals surface area contributed by atoms with Gasteiger partial charge in [0.05, 0.1) is 11.6 Å². The van der Waals surface area contributed by atoms with Crippen molar-refractivity contribution in [3.8, 4) is 0 Å². The number of nitrogens with one attached hydrogen (secondary N) is 1. The second-order valence-corrected chi connectivity index (χ2v) is 6.94. The van der Waals surface area contributed by atoms with Gasteiger partial charge in [-0.3, -0.25) is 0 Å². The number of aliphatic hydroxyl groups is 1. The maximum Gasteiger partial charge on any atom is 0.0768 e. The fraction of sp³-hybridized carbons (Fsp3) is 0.250. The van der Waals surface area contributed by atoms with Crippen LogP contribution >= 0.6 is 0 Å². The molecule has 2 N–H and O–H groups in total. The standard InChI is InChI=1S/C24H27NO/c1-25-24(18-21-13-7-3-8-14-21,19-22-15-9-4-10-16-22)23(26)17-20-11-5-2-6-12-20/h2-16,23,25-26H,17-19H2,1H3. The number of hydrogen-bond donors (Lipinski definition) is 2. The van der Waals surface area contributed by atoms with Crippen LogP contribution in [0.25, 0.3) is 0 Å². The topological polar surface area (TPSA) is 32.3 Å². The van der Waals surface area contributed by atoms with Crippen molar-refractivity contribution in [3.63, 3.8) is 0 Å². The molecule has 2 nitrogen and oxygen atoms in total. The molecule has 0 heterocycles. The molecule has 0 saturated carbocycles. The summed E-state index contributed by atoms with van der Waals surface area (Å²) >= 11 is 0. The van der Waals surface area contributed by atoms with Gasteiger partial charge in [0, 0.05) is 6.42 Å². The first-order valence-corrected chi connectivity index (χ1v) is 9.20. The minimum absolute atomic E-state index is 0.432. The zero-order chi connectivity index (χ0) is 18.2. The third-order valence-corrected chi connectivity index (χ3v) is 5.13. The molecule has 134 valence electrons. The second kappa shape index (κ2) is 8.79. The molecule has 3 rings (SSSR count). The second-order valence-electron chi connectivity index (χ2n) is 6.94. The van der Waals surface area contributed by atoms with E-state index in [2.05, 4.69) is 66.0 Å². The highest BCUT2D eigenvalue weighted by Gasteiger charge is 2.36. The Bertz CT molecular complexity index is 730. The van der Waals surface area contributed by atoms with Crippen LogP contribution in [0.5, 0.6) is 0 Å². The van der Waals surface area contributed by atoms with Crippen molar-refractivity contribution in [2.45, 2.75) is 30.9 Å². The van der Waals surface area contributed by atoms with Gasteiger partial charge < -0.3 is 10.4 Å². The third-order valence-electron chi connectivity index (χ3n) is 5.13. The molecule has 0 aliphatic rings. The largest absolute Gasteiger partial charge is 0.391 e. The predicted molar refractivity (Wildman–Crippen MR) is 108 cm³/mol. The molecule has 0 fully saturated rings. The summed E-state index contributed by atoms with van der Waals surface area (Å²) in [4.78, 5) is 0. The molecule has 3 aromatic rings. The summed E-state index contributed by atoms with van der Waals surface area (Å²) in [5.74, 6) is 0. The first-order chi connectivity index (χ1) is 12.7. The Morgan fingerprint density at radius 3 is 1.46 bits per heavy atom. The van der Waals surface area contributed by atoms with Crippen LogP contribution in [-0.2, 0) is 19.3 Å². The van der Waals surface area contributed by atoms with Gasteiger partial charge in [0.25, 0.3) is 0 Å². The molecule has 26 heavy (non-hydrogen) atoms. The van der Waals surface area contributed by atoms with Gasteiger partial charge in [-0.05, 0) is 36.6 Å². The molecule has 0 radical (unpaired) electrons. The zero-order valence-corrected chi connectivity index (χ0v) is 15.3. The van der Waals surface area contributed by atoms with E-state index in [-0.39, 0.29) is 0 Å². The lowest BCUT2D eigenvalue weighted by atomic mass is 9.78. The molecule has 0 saturated heterocycles. The van der Waals surface area contributed by atoms with Gasteiger partial charge in [0.2, 0.25) is 0 Å². The van der Waals surface area contributed by atoms with Gasteiger partial charge in [-0.25, -0.2) is 0 Å². The summed E-state index contributed by atoms with van der Waals surface area (Å²) in [6.45, 7) is 0. The first kappa shape index (κ1) is 18.4. The molecule has 3 aromatic carbocycles. The van der Waals surface area contributed by atoms with Gasteiger partial charge in [0.15, 0.2) is 0 Å². The van der Waals surface area contributed by atoms with E-state index in [1.807, 2.05) is 37.4 Å². The van der Waals surface area contributed by atoms with Crippen molar-refractivity contribution in [1.29, 1.82) is 0 Å². The number of benzene rings is 3. The maximum absolute atomic E-state index is 11.3. The Labute approximate surface area is 156 Å². The van der Waals surface area contributed by atoms with Gasteiger partial charge in [-0.15, -0.1) is 0 Å². The Hall–Kier alpha value is -2.42. The molecule has 0 bridgehead atoms. The third kappa shape index (κ3) is 4.60. The number of aliphatic hydroxyl groups excluding tert-OH is 1. The molecule has 1 atom stereocenters. The van der Waals surface area contributed by atoms with Crippen molar-refractivity contribution in [1.82, 2.24) is 5.32 Å². The SMILES string of the molecule is CNC(Cc1ccccc1)(Cc1ccccc1)C(O)Cc1ccccc1. The molecule has 1 unspecified atom stereocenters. The van der Waals surface area contributed by atoms with E-state index in [0.717, 1.165) is 18.4 Å². The van der Waals surface area contributed by atoms with Crippen LogP contribution in [0.3, 0.4) is 0 Å². The summed E-state index contributed by atoms with van der Waals surface area (Å²) in [5.41, 5.74) is 3.17. The van der Waals surface area contributed by atoms with Crippen LogP contribution in [0.15, 0.2) is 91.0 Å². The number of hydrogen-bond acceptors (Lipinski definition) is 2. The molecule has 0 aliphatic heterocycles. The van der Waals surface area contributed by atoms with Crippen LogP contribution in [0.2, 0.25) is 0 Å². The highest BCUT2D eigenvalue weighted by Crippen LogP contribution is 2.25. The molecule has 0 spiro atoms. The van der Waals surface area contributed by atoms with Crippen LogP contribution in [-0.4, -0.2) is 23.8 Å². The highest BCUT2D eigenvalue weighted by atomic mass is 16.3. The van der Waals surface area contributed by atoms with Crippen molar-refractivity contribution in [2.75, 3.05) is 7.05 Å². The number of rotatable bonds is 8. The van der Waals surface area contributed by atoms with Gasteiger partial charge in [-0.1, -0.05) is 91.0 Å². The Morgan fingerprint density at radius 2 is 1.08 bits per heavy atom. The summed E-state index contributed by atoms with van der Waals surface area (Å²) in [7, 11) is 1.96. The summed E-state index contributed by atoms with van der Waals surface area (Å²) in [6, 6.07) is 31.0. The summed E-state index contributed by atoms with van der Waals surface area (Å²) < 4.78 is 0. The van der Waals surface area contributed by atoms with Gasteiger partial charge in [0.1, 0.15) is 0 Å². The van der Waals surface area contributed by atoms with Crippen LogP contribution in [0.4, 0.5) is 0 Å². The lowest BCUT2D eigenvalue weighted by Crippen LogP contribution is -2.57. The van der Waals surface area contributed by atoms with Crippen LogP contribution < -0.4 is 5.32 Å². The van der Waals surface area contributed by atoms with Crippen LogP contribution in [0.1, 0.15) is 16.7 Å². The van der Waals surface area contributed by atoms with Crippen molar-refractivity contribution < 1.29 is 5.11 Å². The Morgan fingerprint density at radius 1 is 0.692 bits per heavy atom. The zero-order valence-electron chi connectivity index (χ0n) is 15.3. The van der Waals surface area contributed by atoms with Crippen molar-refractivity contribution in [2.24, 2.45) is 0 Å². The Balaban J connectivity index is 1.90. The first-order valence-electron chi connectivity index (χ1n) is 9.20. The normalized spacial score (nSPS) is 12.7. The van der Waals surface area contributed by atoms with E-state index >= 15 is 0 Å². The molecule has 0 aliphatic carbocycles. The average molecular weight is 345 g/mol. The van der Waals surface area contributed by atoms with E-state index in [0.29, 0.717) is 6.42 Å². The summed E-state index contributed by atoms with van der Waals surface area (Å²) in [6.07, 6.45) is 1.66. The lowest BCUT2D eigenvalue weighted by molar-refractivity contribution is 0.0631. The molecule has 0 aromatic heterocycles. The monoisotopic (exact) mass is 345 g/mol. The van der Waals surface area contributed by atoms with Crippen LogP contribution in [0, 0.1) is 0 Å². The quantitative estimate of drug-likeness (QED) is 0.646. The van der Waals surface area contributed by atoms with E-state index in [1.165, 1.54) is 11.1 Å².